The summed E-state index contributed by atoms with van der Waals surface area (Å²) in [5.41, 5.74) is -10.2. The molecule has 0 amide bonds. The van der Waals surface area contributed by atoms with Crippen LogP contribution in [0.3, 0.4) is 0 Å². The minimum Gasteiger partial charge on any atom is -0.416 e. The first-order chi connectivity index (χ1) is 5.89. The van der Waals surface area contributed by atoms with Crippen LogP contribution in [0.5, 0.6) is 0 Å². The Morgan fingerprint density at radius 3 is 0.688 bits per heavy atom. The van der Waals surface area contributed by atoms with Crippen LogP contribution >= 0.6 is 0 Å². The first-order valence-corrected chi connectivity index (χ1v) is 4.36. The summed E-state index contributed by atoms with van der Waals surface area (Å²) in [6.07, 6.45) is 0. The summed E-state index contributed by atoms with van der Waals surface area (Å²) in [6.45, 7) is 0. The largest absolute Gasteiger partial charge is 2.00 e. The molecular weight excluding hydrogens is 374 g/mol. The first-order valence-electron chi connectivity index (χ1n) is 2.21. The second kappa shape index (κ2) is 9.70. The molecule has 0 aliphatic rings. The molecule has 0 fully saturated rings. The molecule has 14 heteroatoms. The zero-order valence-electron chi connectivity index (χ0n) is 7.07. The van der Waals surface area contributed by atoms with Gasteiger partial charge in [0.25, 0.3) is 0 Å². The second-order valence-corrected chi connectivity index (χ2v) is 3.23. The Balaban J connectivity index is -0.0000000800. The van der Waals surface area contributed by atoms with Crippen molar-refractivity contribution in [2.75, 3.05) is 0 Å². The van der Waals surface area contributed by atoms with E-state index in [0.717, 1.165) is 0 Å². The van der Waals surface area contributed by atoms with E-state index in [1.807, 2.05) is 0 Å². The molecule has 0 saturated heterocycles. The van der Waals surface area contributed by atoms with E-state index in [1.54, 1.807) is 0 Å². The van der Waals surface area contributed by atoms with Crippen LogP contribution in [-0.2, 0) is 57.7 Å². The molecule has 0 unspecified atom stereocenters. The van der Waals surface area contributed by atoms with Crippen molar-refractivity contribution in [3.05, 3.63) is 0 Å². The van der Waals surface area contributed by atoms with E-state index in [2.05, 4.69) is 0 Å². The molecule has 1 radical (unpaired) electrons. The van der Waals surface area contributed by atoms with Crippen LogP contribution < -0.4 is 0 Å². The van der Waals surface area contributed by atoms with Crippen molar-refractivity contribution in [2.24, 2.45) is 0 Å². The third-order valence-electron chi connectivity index (χ3n) is 0.378. The number of hydrogen-bond donors (Lipinski definition) is 0. The molecule has 0 aliphatic carbocycles. The molecule has 0 saturated carbocycles. The Morgan fingerprint density at radius 1 is 0.625 bits per heavy atom. The minimum absolute atomic E-state index is 0. The van der Waals surface area contributed by atoms with E-state index in [1.165, 1.54) is 0 Å². The quantitative estimate of drug-likeness (QED) is 0.364. The summed E-state index contributed by atoms with van der Waals surface area (Å²) < 4.78 is 99.0. The maximum atomic E-state index is 10.6. The van der Waals surface area contributed by atoms with E-state index in [4.69, 9.17) is 16.8 Å². The van der Waals surface area contributed by atoms with Gasteiger partial charge in [-0.2, -0.15) is 26.3 Å². The van der Waals surface area contributed by atoms with Crippen LogP contribution in [0, 0.1) is 0 Å². The zero-order valence-corrected chi connectivity index (χ0v) is 10.4. The van der Waals surface area contributed by atoms with E-state index in [9.17, 15) is 26.3 Å². The van der Waals surface area contributed by atoms with Gasteiger partial charge in [-0.25, -0.2) is 0 Å². The molecule has 95 valence electrons. The van der Waals surface area contributed by atoms with Gasteiger partial charge < -0.3 is 16.8 Å². The number of hydrogen-bond acceptors (Lipinski definition) is 6. The van der Waals surface area contributed by atoms with Crippen molar-refractivity contribution in [2.45, 2.75) is 11.0 Å². The molecule has 0 atom stereocenters. The standard InChI is InChI=1S/2CF3O2S.Li.Ru/c2*2-1(3,4)7(5)6;;/q2*-1;;+2. The SMILES string of the molecule is O=[S-](=O)C(F)(F)F.O=[S-](=O)C(F)(F)F.[Li].[Ru+2]. The van der Waals surface area contributed by atoms with Crippen LogP contribution in [-0.4, -0.2) is 29.9 Å². The van der Waals surface area contributed by atoms with Gasteiger partial charge in [0.15, 0.2) is 0 Å². The van der Waals surface area contributed by atoms with Crippen LogP contribution in [0.4, 0.5) is 26.3 Å². The van der Waals surface area contributed by atoms with Crippen LogP contribution in [0.1, 0.15) is 0 Å². The van der Waals surface area contributed by atoms with Gasteiger partial charge in [-0.05, 0) is 0 Å². The number of rotatable bonds is 0. The summed E-state index contributed by atoms with van der Waals surface area (Å²) in [4.78, 5) is 0. The fraction of sp³-hybridized carbons (Fsp3) is 1.00. The fourth-order valence-corrected chi connectivity index (χ4v) is 0. The molecule has 0 rings (SSSR count). The summed E-state index contributed by atoms with van der Waals surface area (Å²) >= 11 is 0. The Morgan fingerprint density at radius 2 is 0.688 bits per heavy atom. The van der Waals surface area contributed by atoms with Crippen molar-refractivity contribution in [1.29, 1.82) is 0 Å². The van der Waals surface area contributed by atoms with Gasteiger partial charge in [-0.15, -0.1) is 0 Å². The Bertz CT molecular complexity index is 269. The van der Waals surface area contributed by atoms with Crippen molar-refractivity contribution in [3.8, 4) is 0 Å². The van der Waals surface area contributed by atoms with Gasteiger partial charge in [-0.3, -0.25) is 0 Å². The zero-order chi connectivity index (χ0) is 12.2. The third kappa shape index (κ3) is 17.1. The maximum absolute atomic E-state index is 10.6. The molecular formula is C2F6LiO4RuS2. The van der Waals surface area contributed by atoms with E-state index >= 15 is 0 Å². The van der Waals surface area contributed by atoms with Crippen molar-refractivity contribution < 1.29 is 62.7 Å². The summed E-state index contributed by atoms with van der Waals surface area (Å²) in [6, 6.07) is 0. The van der Waals surface area contributed by atoms with Crippen molar-refractivity contribution in [1.82, 2.24) is 0 Å². The normalized spacial score (nSPS) is 11.0. The van der Waals surface area contributed by atoms with Crippen LogP contribution in [0.25, 0.3) is 0 Å². The minimum atomic E-state index is -5.08. The first kappa shape index (κ1) is 25.5. The summed E-state index contributed by atoms with van der Waals surface area (Å²) in [5.74, 6) is 0. The Labute approximate surface area is 114 Å². The van der Waals surface area contributed by atoms with Gasteiger partial charge in [0.2, 0.25) is 0 Å². The Hall–Kier alpha value is 0.701. The van der Waals surface area contributed by atoms with Gasteiger partial charge in [-0.1, -0.05) is 0 Å². The van der Waals surface area contributed by atoms with Crippen LogP contribution in [0.15, 0.2) is 0 Å². The van der Waals surface area contributed by atoms with Gasteiger partial charge in [0.05, 0.1) is 0 Å². The van der Waals surface area contributed by atoms with Gasteiger partial charge >= 0.3 is 30.5 Å². The summed E-state index contributed by atoms with van der Waals surface area (Å²) in [7, 11) is -7.87. The molecule has 0 aromatic carbocycles. The third-order valence-corrected chi connectivity index (χ3v) is 1.13. The van der Waals surface area contributed by atoms with Crippen molar-refractivity contribution >= 4 is 40.3 Å². The van der Waals surface area contributed by atoms with Crippen LogP contribution in [0.2, 0.25) is 0 Å². The van der Waals surface area contributed by atoms with E-state index in [-0.39, 0.29) is 38.3 Å². The number of halogens is 6. The molecule has 0 spiro atoms. The molecule has 0 N–H and O–H groups in total. The monoisotopic (exact) mass is 375 g/mol. The predicted octanol–water partition coefficient (Wildman–Crippen LogP) is 1.25. The molecule has 16 heavy (non-hydrogen) atoms. The van der Waals surface area contributed by atoms with E-state index in [0.29, 0.717) is 0 Å². The summed E-state index contributed by atoms with van der Waals surface area (Å²) in [5, 5.41) is 0. The smallest absolute Gasteiger partial charge is 0.416 e. The maximum Gasteiger partial charge on any atom is 2.00 e. The average molecular weight is 374 g/mol. The van der Waals surface area contributed by atoms with Gasteiger partial charge in [0, 0.05) is 40.3 Å². The molecule has 0 aromatic rings. The van der Waals surface area contributed by atoms with Crippen molar-refractivity contribution in [3.63, 3.8) is 0 Å². The molecule has 0 aromatic heterocycles. The molecule has 4 nitrogen and oxygen atoms in total. The predicted molar refractivity (Wildman–Crippen MR) is 35.3 cm³/mol. The average Bonchev–Trinajstić information content (AvgIpc) is 1.83. The molecule has 0 bridgehead atoms. The fourth-order valence-electron chi connectivity index (χ4n) is 0. The number of alkyl halides is 6. The topological polar surface area (TPSA) is 68.3 Å². The molecule has 0 heterocycles. The van der Waals surface area contributed by atoms with Gasteiger partial charge in [0.1, 0.15) is 0 Å². The second-order valence-electron chi connectivity index (χ2n) is 1.36. The van der Waals surface area contributed by atoms with E-state index < -0.39 is 32.4 Å². The Kier molecular flexibility index (Phi) is 15.5. The molecule has 0 aliphatic heterocycles.